The maximum absolute atomic E-state index is 13.4. The third kappa shape index (κ3) is 32.2. The Hall–Kier alpha value is -15.6. The van der Waals surface area contributed by atoms with E-state index >= 15 is 0 Å². The maximum atomic E-state index is 13.4. The molecule has 16 aromatic rings. The molecule has 8 heterocycles. The number of benzene rings is 8. The van der Waals surface area contributed by atoms with Gasteiger partial charge in [0.15, 0.2) is 45.9 Å². The van der Waals surface area contributed by atoms with E-state index in [9.17, 15) is 57.2 Å². The molecule has 16 N–H and O–H groups in total. The molecule has 0 bridgehead atoms. The number of aryl methyl sites for hydroxylation is 4. The summed E-state index contributed by atoms with van der Waals surface area (Å²) in [5, 5.41) is 10.8. The second-order valence-corrected chi connectivity index (χ2v) is 39.8. The third-order valence-corrected chi connectivity index (χ3v) is 27.4. The van der Waals surface area contributed by atoms with Crippen LogP contribution in [0.15, 0.2) is 263 Å². The van der Waals surface area contributed by atoms with Crippen molar-refractivity contribution in [2.75, 3.05) is 58.8 Å². The summed E-state index contributed by atoms with van der Waals surface area (Å²) in [7, 11) is -14.7. The van der Waals surface area contributed by atoms with Gasteiger partial charge in [0.25, 0.3) is 20.0 Å². The molecule has 0 saturated heterocycles. The van der Waals surface area contributed by atoms with Gasteiger partial charge < -0.3 is 81.4 Å². The number of nitrogens with two attached hydrogens (primary N) is 4. The van der Waals surface area contributed by atoms with Crippen molar-refractivity contribution in [1.82, 2.24) is 109 Å². The van der Waals surface area contributed by atoms with Crippen LogP contribution in [0.2, 0.25) is 15.9 Å². The number of carbonyl (C=O) groups is 4. The number of rotatable bonds is 42. The number of nitrogens with zero attached hydrogens (tertiary/aromatic N) is 16. The minimum atomic E-state index is -3.70. The summed E-state index contributed by atoms with van der Waals surface area (Å²) in [6, 6.07) is 60.7. The van der Waals surface area contributed by atoms with Gasteiger partial charge in [0, 0.05) is 76.8 Å². The molecule has 8 aromatic carbocycles. The second kappa shape index (κ2) is 52.0. The monoisotopic (exact) mass is 2130 g/mol. The highest BCUT2D eigenvalue weighted by atomic mass is 35.5. The lowest BCUT2D eigenvalue weighted by Crippen LogP contribution is -2.25. The molecule has 16 rings (SSSR count). The van der Waals surface area contributed by atoms with Gasteiger partial charge >= 0.3 is 30.5 Å². The first kappa shape index (κ1) is 108. The lowest BCUT2D eigenvalue weighted by Gasteiger charge is -2.10. The molecule has 0 saturated carbocycles. The van der Waals surface area contributed by atoms with Crippen molar-refractivity contribution in [1.29, 1.82) is 0 Å². The summed E-state index contributed by atoms with van der Waals surface area (Å²) < 4.78 is 151. The molecule has 0 aliphatic heterocycles. The van der Waals surface area contributed by atoms with E-state index < -0.39 is 70.5 Å². The summed E-state index contributed by atoms with van der Waals surface area (Å²) >= 11 is 17.6. The molecule has 52 heteroatoms. The number of aromatic nitrogens is 16. The van der Waals surface area contributed by atoms with E-state index in [0.29, 0.717) is 127 Å². The van der Waals surface area contributed by atoms with Crippen molar-refractivity contribution < 1.29 is 76.2 Å². The minimum Gasteiger partial charge on any atom is -0.450 e. The van der Waals surface area contributed by atoms with Crippen molar-refractivity contribution >= 4 is 179 Å². The van der Waals surface area contributed by atoms with Gasteiger partial charge in [-0.15, -0.1) is 0 Å². The number of ether oxygens (including phenoxy) is 4. The lowest BCUT2D eigenvalue weighted by atomic mass is 10.2. The first-order valence-electron chi connectivity index (χ1n) is 45.0. The highest BCUT2D eigenvalue weighted by Gasteiger charge is 2.22. The van der Waals surface area contributed by atoms with Crippen LogP contribution in [-0.4, -0.2) is 163 Å². The number of sulfonamides is 4. The number of carbonyl (C=O) groups excluding carboxylic acids is 4. The number of hydrogen-bond donors (Lipinski definition) is 12. The molecule has 8 aromatic heterocycles. The van der Waals surface area contributed by atoms with Crippen LogP contribution in [0.25, 0.3) is 44.7 Å². The normalized spacial score (nSPS) is 11.4. The number of hydrogen-bond acceptors (Lipinski definition) is 32. The SMILES string of the molecule is Nc1nc(Cl)nc2c1ncn2CCCCOC(=O)NCc1ccc(NS(=O)(=O)c2ccccc2)cc1.Nc1nc(Cl)nc2c1ncn2CCCCOC(=O)NCc1ccc(S(=O)(=O)NCc2ccccc2)cc1.Nc1nc(Cl)nc2c1ncn2CCCCOC(=O)NCc1ccc(S(=O)(=O)Nc2ccccc2)cc1.Nc1nc(F)nc2c1ncn2CCCCOC(=O)NCc1ccc(S(=O)(=O)NCc2ccccc2)cc1. The number of amides is 4. The molecule has 0 spiro atoms. The van der Waals surface area contributed by atoms with Gasteiger partial charge in [0.05, 0.1) is 71.3 Å². The molecule has 44 nitrogen and oxygen atoms in total. The Kier molecular flexibility index (Phi) is 38.4. The van der Waals surface area contributed by atoms with E-state index in [0.717, 1.165) is 39.8 Å². The Morgan fingerprint density at radius 1 is 0.288 bits per heavy atom. The van der Waals surface area contributed by atoms with E-state index in [1.807, 2.05) is 74.4 Å². The maximum Gasteiger partial charge on any atom is 0.407 e. The molecule has 764 valence electrons. The highest BCUT2D eigenvalue weighted by Crippen LogP contribution is 2.26. The number of nitrogen functional groups attached to an aromatic ring is 4. The second-order valence-electron chi connectivity index (χ2n) is 31.9. The number of unbranched alkanes of at least 4 members (excludes halogenated alkanes) is 4. The molecule has 0 aliphatic carbocycles. The van der Waals surface area contributed by atoms with Crippen LogP contribution in [0.4, 0.5) is 58.2 Å². The van der Waals surface area contributed by atoms with Gasteiger partial charge in [-0.25, -0.2) is 82.2 Å². The Bertz CT molecular complexity index is 7380. The molecule has 0 aliphatic rings. The Morgan fingerprint density at radius 2 is 0.534 bits per heavy atom. The van der Waals surface area contributed by atoms with Gasteiger partial charge in [-0.2, -0.15) is 44.3 Å². The van der Waals surface area contributed by atoms with Crippen LogP contribution in [0.1, 0.15) is 84.7 Å². The molecule has 0 atom stereocenters. The van der Waals surface area contributed by atoms with E-state index in [-0.39, 0.29) is 124 Å². The van der Waals surface area contributed by atoms with E-state index in [1.165, 1.54) is 54.9 Å². The zero-order valence-electron chi connectivity index (χ0n) is 77.8. The van der Waals surface area contributed by atoms with E-state index in [1.54, 1.807) is 133 Å². The fourth-order valence-electron chi connectivity index (χ4n) is 13.8. The number of alkyl carbamates (subject to hydrolysis) is 4. The van der Waals surface area contributed by atoms with Crippen molar-refractivity contribution in [2.24, 2.45) is 0 Å². The van der Waals surface area contributed by atoms with Crippen LogP contribution >= 0.6 is 34.8 Å². The van der Waals surface area contributed by atoms with Crippen LogP contribution in [0.3, 0.4) is 0 Å². The van der Waals surface area contributed by atoms with Crippen molar-refractivity contribution in [3.63, 3.8) is 0 Å². The van der Waals surface area contributed by atoms with Crippen molar-refractivity contribution in [3.8, 4) is 0 Å². The zero-order chi connectivity index (χ0) is 104. The summed E-state index contributed by atoms with van der Waals surface area (Å²) in [4.78, 5) is 96.5. The molecule has 0 fully saturated rings. The van der Waals surface area contributed by atoms with Crippen LogP contribution in [-0.2, 0) is 124 Å². The minimum absolute atomic E-state index is 0.0164. The van der Waals surface area contributed by atoms with Crippen LogP contribution in [0, 0.1) is 6.08 Å². The number of nitrogens with one attached hydrogen (secondary N) is 8. The van der Waals surface area contributed by atoms with E-state index in [2.05, 4.69) is 100.0 Å². The van der Waals surface area contributed by atoms with Gasteiger partial charge in [-0.05, 0) is 192 Å². The van der Waals surface area contributed by atoms with Crippen molar-refractivity contribution in [2.45, 2.75) is 136 Å². The van der Waals surface area contributed by atoms with Crippen LogP contribution in [0.5, 0.6) is 0 Å². The standard InChI is InChI=1S/C24H26ClN7O4S.C24H26FN7O4S.2C23H24ClN7O4S/c2*25-23-30-21(26)20-22(31-23)32(16-28-20)12-4-5-13-36-24(33)27-14-18-8-10-19(11-9-18)37(34,35)29-15-17-6-2-1-3-7-17;24-22-28-20(25)19-21(29-22)31(15-27-19)12-4-5-13-35-23(32)26-14-16-8-10-17(11-9-16)30-36(33,34)18-6-2-1-3-7-18;24-22-28-20(25)19-21(29-22)31(15-27-19)12-4-5-13-35-23(32)26-14-16-8-10-18(11-9-16)36(33,34)30-17-6-2-1-3-7-17/h2*1-3,6-11,16,29H,4-5,12-15H2,(H,27,33)(H2,26,30,31);2*1-3,6-11,15,30H,4-5,12-14H2,(H,26,32)(H2,25,28,29). The number of halogens is 4. The van der Waals surface area contributed by atoms with Gasteiger partial charge in [-0.1, -0.05) is 146 Å². The Morgan fingerprint density at radius 3 is 0.842 bits per heavy atom. The van der Waals surface area contributed by atoms with Gasteiger partial charge in [0.2, 0.25) is 35.9 Å². The molecule has 0 radical (unpaired) electrons. The van der Waals surface area contributed by atoms with Gasteiger partial charge in [-0.3, -0.25) is 9.44 Å². The quantitative estimate of drug-likeness (QED) is 0.00960. The third-order valence-electron chi connectivity index (χ3n) is 21.3. The molecular formula is C94H100Cl3FN28O16S4. The smallest absolute Gasteiger partial charge is 0.407 e. The lowest BCUT2D eigenvalue weighted by molar-refractivity contribution is 0.142. The average molecular weight is 2130 g/mol. The number of para-hydroxylation sites is 1. The number of imidazole rings is 4. The topological polar surface area (TPSA) is 616 Å². The van der Waals surface area contributed by atoms with E-state index in [4.69, 9.17) is 76.7 Å². The zero-order valence-corrected chi connectivity index (χ0v) is 83.3. The molecular weight excluding hydrogens is 2030 g/mol. The Labute approximate surface area is 852 Å². The largest absolute Gasteiger partial charge is 0.450 e. The first-order chi connectivity index (χ1) is 70.3. The number of anilines is 6. The Balaban J connectivity index is 0.000000163. The van der Waals surface area contributed by atoms with Gasteiger partial charge in [0.1, 0.15) is 22.1 Å². The predicted molar refractivity (Wildman–Crippen MR) is 545 cm³/mol. The summed E-state index contributed by atoms with van der Waals surface area (Å²) in [5.41, 5.74) is 32.5. The van der Waals surface area contributed by atoms with Crippen molar-refractivity contribution in [3.05, 3.63) is 299 Å². The fourth-order valence-corrected chi connectivity index (χ4v) is 18.5. The average Bonchev–Trinajstić information content (AvgIpc) is 1.67. The highest BCUT2D eigenvalue weighted by molar-refractivity contribution is 7.93. The summed E-state index contributed by atoms with van der Waals surface area (Å²) in [6.45, 7) is 4.44. The molecule has 4 amide bonds. The summed E-state index contributed by atoms with van der Waals surface area (Å²) in [5.74, 6) is 0.665. The fraction of sp³-hybridized carbons (Fsp3) is 0.234. The first-order valence-corrected chi connectivity index (χ1v) is 52.1. The van der Waals surface area contributed by atoms with Crippen LogP contribution < -0.4 is 63.1 Å². The predicted octanol–water partition coefficient (Wildman–Crippen LogP) is 13.1. The molecule has 146 heavy (non-hydrogen) atoms. The molecule has 0 unspecified atom stereocenters. The summed E-state index contributed by atoms with van der Waals surface area (Å²) in [6.07, 6.45) is 8.48. The number of fused-ring (bicyclic) bond motifs is 4.